The molecule has 120 valence electrons. The molecule has 23 heavy (non-hydrogen) atoms. The number of likely N-dealkylation sites (tertiary alicyclic amines) is 1. The van der Waals surface area contributed by atoms with E-state index in [1.807, 2.05) is 4.90 Å². The third-order valence-electron chi connectivity index (χ3n) is 3.90. The zero-order chi connectivity index (χ0) is 16.2. The van der Waals surface area contributed by atoms with E-state index in [9.17, 15) is 14.3 Å². The molecule has 6 heteroatoms. The molecule has 2 atom stereocenters. The summed E-state index contributed by atoms with van der Waals surface area (Å²) in [4.78, 5) is 18.1. The van der Waals surface area contributed by atoms with Gasteiger partial charge in [0.15, 0.2) is 0 Å². The Bertz CT molecular complexity index is 663. The van der Waals surface area contributed by atoms with E-state index in [1.165, 1.54) is 12.1 Å². The van der Waals surface area contributed by atoms with Crippen LogP contribution < -0.4 is 5.32 Å². The minimum atomic E-state index is -0.636. The van der Waals surface area contributed by atoms with Gasteiger partial charge in [0.05, 0.1) is 12.1 Å². The Morgan fingerprint density at radius 3 is 2.74 bits per heavy atom. The second kappa shape index (κ2) is 6.85. The van der Waals surface area contributed by atoms with Gasteiger partial charge in [0.1, 0.15) is 11.5 Å². The van der Waals surface area contributed by atoms with Gasteiger partial charge < -0.3 is 10.4 Å². The van der Waals surface area contributed by atoms with Crippen LogP contribution in [0.1, 0.15) is 16.1 Å². The number of β-amino-alcohol motifs (C(OH)–C–C–N with tert-alkyl or cyclic N) is 1. The number of amides is 1. The monoisotopic (exact) mass is 315 g/mol. The normalized spacial score (nSPS) is 21.3. The van der Waals surface area contributed by atoms with Gasteiger partial charge >= 0.3 is 0 Å². The van der Waals surface area contributed by atoms with Gasteiger partial charge in [-0.15, -0.1) is 0 Å². The van der Waals surface area contributed by atoms with Gasteiger partial charge in [-0.3, -0.25) is 14.7 Å². The molecule has 1 aliphatic heterocycles. The number of aromatic nitrogens is 1. The standard InChI is InChI=1S/C17H18FN3O2/c18-13-6-4-12(5-7-13)9-21-10-15(16(22)11-21)20-17(23)14-3-1-2-8-19-14/h1-8,15-16,22H,9-11H2,(H,20,23)/t15-,16-/m1/s1. The number of aliphatic hydroxyl groups excluding tert-OH is 1. The molecule has 2 N–H and O–H groups in total. The quantitative estimate of drug-likeness (QED) is 0.890. The molecule has 5 nitrogen and oxygen atoms in total. The molecule has 2 aromatic rings. The number of aliphatic hydroxyl groups is 1. The highest BCUT2D eigenvalue weighted by molar-refractivity contribution is 5.92. The highest BCUT2D eigenvalue weighted by Crippen LogP contribution is 2.15. The number of hydrogen-bond donors (Lipinski definition) is 2. The first-order chi connectivity index (χ1) is 11.1. The molecule has 0 saturated carbocycles. The number of nitrogens with one attached hydrogen (secondary N) is 1. The summed E-state index contributed by atoms with van der Waals surface area (Å²) < 4.78 is 12.9. The predicted molar refractivity (Wildman–Crippen MR) is 83.2 cm³/mol. The molecular weight excluding hydrogens is 297 g/mol. The molecule has 1 fully saturated rings. The molecule has 0 unspecified atom stereocenters. The van der Waals surface area contributed by atoms with E-state index in [0.717, 1.165) is 5.56 Å². The molecule has 0 spiro atoms. The van der Waals surface area contributed by atoms with Crippen LogP contribution in [0.5, 0.6) is 0 Å². The first-order valence-electron chi connectivity index (χ1n) is 7.48. The fraction of sp³-hybridized carbons (Fsp3) is 0.294. The molecule has 1 aliphatic rings. The van der Waals surface area contributed by atoms with E-state index in [0.29, 0.717) is 25.3 Å². The van der Waals surface area contributed by atoms with E-state index in [2.05, 4.69) is 10.3 Å². The van der Waals surface area contributed by atoms with E-state index in [-0.39, 0.29) is 17.8 Å². The Morgan fingerprint density at radius 2 is 2.04 bits per heavy atom. The summed E-state index contributed by atoms with van der Waals surface area (Å²) in [5, 5.41) is 13.0. The van der Waals surface area contributed by atoms with Gasteiger partial charge in [0.2, 0.25) is 0 Å². The van der Waals surface area contributed by atoms with Gasteiger partial charge in [0, 0.05) is 25.8 Å². The van der Waals surface area contributed by atoms with Crippen LogP contribution in [0.2, 0.25) is 0 Å². The van der Waals surface area contributed by atoms with Crippen molar-refractivity contribution >= 4 is 5.91 Å². The second-order valence-corrected chi connectivity index (χ2v) is 5.68. The number of nitrogens with zero attached hydrogens (tertiary/aromatic N) is 2. The molecule has 0 aliphatic carbocycles. The van der Waals surface area contributed by atoms with Crippen molar-refractivity contribution in [3.63, 3.8) is 0 Å². The van der Waals surface area contributed by atoms with Crippen LogP contribution in [0.4, 0.5) is 4.39 Å². The summed E-state index contributed by atoms with van der Waals surface area (Å²) in [5.41, 5.74) is 1.30. The summed E-state index contributed by atoms with van der Waals surface area (Å²) in [6.45, 7) is 1.61. The predicted octanol–water partition coefficient (Wildman–Crippen LogP) is 1.20. The molecule has 2 heterocycles. The number of rotatable bonds is 4. The Kier molecular flexibility index (Phi) is 4.64. The lowest BCUT2D eigenvalue weighted by Crippen LogP contribution is -2.43. The average molecular weight is 315 g/mol. The molecule has 1 saturated heterocycles. The Morgan fingerprint density at radius 1 is 1.26 bits per heavy atom. The fourth-order valence-corrected chi connectivity index (χ4v) is 2.72. The maximum absolute atomic E-state index is 12.9. The van der Waals surface area contributed by atoms with Gasteiger partial charge in [0.25, 0.3) is 5.91 Å². The third kappa shape index (κ3) is 3.91. The summed E-state index contributed by atoms with van der Waals surface area (Å²) in [5.74, 6) is -0.561. The first kappa shape index (κ1) is 15.6. The zero-order valence-corrected chi connectivity index (χ0v) is 12.5. The maximum atomic E-state index is 12.9. The number of halogens is 1. The molecule has 1 aromatic heterocycles. The minimum absolute atomic E-state index is 0.268. The Labute approximate surface area is 133 Å². The van der Waals surface area contributed by atoms with Crippen LogP contribution in [0.3, 0.4) is 0 Å². The van der Waals surface area contributed by atoms with Crippen molar-refractivity contribution < 1.29 is 14.3 Å². The van der Waals surface area contributed by atoms with Crippen molar-refractivity contribution in [2.24, 2.45) is 0 Å². The molecule has 3 rings (SSSR count). The smallest absolute Gasteiger partial charge is 0.270 e. The second-order valence-electron chi connectivity index (χ2n) is 5.68. The largest absolute Gasteiger partial charge is 0.390 e. The molecule has 0 radical (unpaired) electrons. The Hall–Kier alpha value is -2.31. The molecule has 1 amide bonds. The summed E-state index contributed by atoms with van der Waals surface area (Å²) in [6.07, 6.45) is 0.920. The van der Waals surface area contributed by atoms with Gasteiger partial charge in [-0.1, -0.05) is 18.2 Å². The Balaban J connectivity index is 1.58. The van der Waals surface area contributed by atoms with E-state index < -0.39 is 6.10 Å². The minimum Gasteiger partial charge on any atom is -0.390 e. The highest BCUT2D eigenvalue weighted by atomic mass is 19.1. The fourth-order valence-electron chi connectivity index (χ4n) is 2.72. The maximum Gasteiger partial charge on any atom is 0.270 e. The number of hydrogen-bond acceptors (Lipinski definition) is 4. The van der Waals surface area contributed by atoms with Gasteiger partial charge in [-0.05, 0) is 29.8 Å². The van der Waals surface area contributed by atoms with Crippen molar-refractivity contribution in [1.82, 2.24) is 15.2 Å². The average Bonchev–Trinajstić information content (AvgIpc) is 2.90. The van der Waals surface area contributed by atoms with Crippen LogP contribution in [-0.4, -0.2) is 46.1 Å². The molecular formula is C17H18FN3O2. The SMILES string of the molecule is O=C(N[C@@H]1CN(Cc2ccc(F)cc2)C[C@H]1O)c1ccccn1. The van der Waals surface area contributed by atoms with Gasteiger partial charge in [-0.25, -0.2) is 4.39 Å². The van der Waals surface area contributed by atoms with Crippen molar-refractivity contribution in [3.05, 3.63) is 65.7 Å². The van der Waals surface area contributed by atoms with Crippen LogP contribution in [0.15, 0.2) is 48.7 Å². The molecule has 0 bridgehead atoms. The molecule has 1 aromatic carbocycles. The van der Waals surface area contributed by atoms with Crippen molar-refractivity contribution in [3.8, 4) is 0 Å². The van der Waals surface area contributed by atoms with Gasteiger partial charge in [-0.2, -0.15) is 0 Å². The number of benzene rings is 1. The number of pyridine rings is 1. The van der Waals surface area contributed by atoms with Crippen LogP contribution >= 0.6 is 0 Å². The third-order valence-corrected chi connectivity index (χ3v) is 3.90. The topological polar surface area (TPSA) is 65.5 Å². The lowest BCUT2D eigenvalue weighted by atomic mass is 10.2. The van der Waals surface area contributed by atoms with Crippen molar-refractivity contribution in [2.75, 3.05) is 13.1 Å². The van der Waals surface area contributed by atoms with Crippen molar-refractivity contribution in [1.29, 1.82) is 0 Å². The lowest BCUT2D eigenvalue weighted by molar-refractivity contribution is 0.0883. The summed E-state index contributed by atoms with van der Waals surface area (Å²) in [7, 11) is 0. The lowest BCUT2D eigenvalue weighted by Gasteiger charge is -2.16. The van der Waals surface area contributed by atoms with Crippen LogP contribution in [0.25, 0.3) is 0 Å². The summed E-state index contributed by atoms with van der Waals surface area (Å²) in [6, 6.07) is 11.1. The number of carbonyl (C=O) groups excluding carboxylic acids is 1. The zero-order valence-electron chi connectivity index (χ0n) is 12.5. The number of carbonyl (C=O) groups is 1. The van der Waals surface area contributed by atoms with E-state index in [4.69, 9.17) is 0 Å². The first-order valence-corrected chi connectivity index (χ1v) is 7.48. The highest BCUT2D eigenvalue weighted by Gasteiger charge is 2.32. The van der Waals surface area contributed by atoms with Crippen LogP contribution in [-0.2, 0) is 6.54 Å². The summed E-state index contributed by atoms with van der Waals surface area (Å²) >= 11 is 0. The van der Waals surface area contributed by atoms with Crippen LogP contribution in [0, 0.1) is 5.82 Å². The van der Waals surface area contributed by atoms with E-state index in [1.54, 1.807) is 36.5 Å². The van der Waals surface area contributed by atoms with E-state index >= 15 is 0 Å². The van der Waals surface area contributed by atoms with Crippen molar-refractivity contribution in [2.45, 2.75) is 18.7 Å².